The number of fused-ring (bicyclic) bond motifs is 1. The number of pyridine rings is 1. The Kier molecular flexibility index (Phi) is 9.41. The first-order valence-electron chi connectivity index (χ1n) is 13.4. The third-order valence-corrected chi connectivity index (χ3v) is 7.82. The number of aliphatic hydroxyl groups excluding tert-OH is 1. The van der Waals surface area contributed by atoms with E-state index in [-0.39, 0.29) is 12.0 Å². The normalized spacial score (nSPS) is 15.7. The number of hydrogen-bond acceptors (Lipinski definition) is 6. The monoisotopic (exact) mass is 569 g/mol. The van der Waals surface area contributed by atoms with E-state index in [0.717, 1.165) is 34.3 Å². The number of piperidine rings is 1. The fourth-order valence-corrected chi connectivity index (χ4v) is 5.50. The summed E-state index contributed by atoms with van der Waals surface area (Å²) in [4.78, 5) is 20.3. The van der Waals surface area contributed by atoms with Crippen molar-refractivity contribution < 1.29 is 32.9 Å². The number of halogens is 3. The topological polar surface area (TPSA) is 86.1 Å². The number of benzene rings is 2. The zero-order valence-electron chi connectivity index (χ0n) is 23.4. The molecule has 0 aliphatic carbocycles. The summed E-state index contributed by atoms with van der Waals surface area (Å²) in [6.45, 7) is 1.49. The Bertz CT molecular complexity index is 1450. The molecule has 1 fully saturated rings. The SMILES string of the molecule is COc1ccc2ncc(N(C)C)c([C@@H](O)CCC3(CC(=O)O)CCN(CC#Cc4cc(F)c(F)c(F)c4)CC3)c2c1. The van der Waals surface area contributed by atoms with Crippen LogP contribution in [0.5, 0.6) is 5.75 Å². The van der Waals surface area contributed by atoms with Gasteiger partial charge in [-0.05, 0) is 74.5 Å². The van der Waals surface area contributed by atoms with Crippen LogP contribution < -0.4 is 9.64 Å². The van der Waals surface area contributed by atoms with Gasteiger partial charge in [0.25, 0.3) is 0 Å². The molecule has 218 valence electrons. The molecule has 0 radical (unpaired) electrons. The van der Waals surface area contributed by atoms with Crippen molar-refractivity contribution in [2.45, 2.75) is 38.2 Å². The molecule has 0 amide bonds. The zero-order chi connectivity index (χ0) is 29.7. The third kappa shape index (κ3) is 7.10. The summed E-state index contributed by atoms with van der Waals surface area (Å²) in [7, 11) is 5.34. The number of methoxy groups -OCH3 is 1. The van der Waals surface area contributed by atoms with E-state index in [9.17, 15) is 28.2 Å². The van der Waals surface area contributed by atoms with Crippen LogP contribution in [0.2, 0.25) is 0 Å². The third-order valence-electron chi connectivity index (χ3n) is 7.82. The lowest BCUT2D eigenvalue weighted by atomic mass is 9.71. The number of carbonyl (C=O) groups is 1. The number of rotatable bonds is 9. The number of aromatic nitrogens is 1. The summed E-state index contributed by atoms with van der Waals surface area (Å²) in [5.41, 5.74) is 1.78. The van der Waals surface area contributed by atoms with E-state index in [4.69, 9.17) is 4.74 Å². The molecule has 7 nitrogen and oxygen atoms in total. The molecular weight excluding hydrogens is 535 g/mol. The van der Waals surface area contributed by atoms with Crippen LogP contribution >= 0.6 is 0 Å². The quantitative estimate of drug-likeness (QED) is 0.272. The average Bonchev–Trinajstić information content (AvgIpc) is 2.94. The number of carboxylic acids is 1. The van der Waals surface area contributed by atoms with E-state index in [0.29, 0.717) is 51.1 Å². The number of ether oxygens (including phenoxy) is 1. The van der Waals surface area contributed by atoms with Gasteiger partial charge in [0, 0.05) is 30.6 Å². The standard InChI is InChI=1S/C31H34F3N3O4/c1-36(2)26-19-35-25-7-6-21(41-3)17-22(25)29(26)27(38)8-9-31(18-28(39)40)10-13-37(14-11-31)12-4-5-20-15-23(32)30(34)24(33)16-20/h6-7,15-17,19,27,38H,8-14,18H2,1-3H3,(H,39,40)/t27-/m0/s1. The highest BCUT2D eigenvalue weighted by Crippen LogP contribution is 2.43. The molecular formula is C31H34F3N3O4. The fourth-order valence-electron chi connectivity index (χ4n) is 5.50. The van der Waals surface area contributed by atoms with Crippen molar-refractivity contribution in [3.8, 4) is 17.6 Å². The highest BCUT2D eigenvalue weighted by atomic mass is 19.2. The van der Waals surface area contributed by atoms with Gasteiger partial charge >= 0.3 is 5.97 Å². The van der Waals surface area contributed by atoms with Gasteiger partial charge in [-0.1, -0.05) is 11.8 Å². The minimum Gasteiger partial charge on any atom is -0.497 e. The molecule has 1 atom stereocenters. The van der Waals surface area contributed by atoms with Crippen LogP contribution in [0.1, 0.15) is 49.3 Å². The lowest BCUT2D eigenvalue weighted by molar-refractivity contribution is -0.141. The van der Waals surface area contributed by atoms with Crippen LogP contribution in [-0.2, 0) is 4.79 Å². The predicted molar refractivity (Wildman–Crippen MR) is 150 cm³/mol. The maximum Gasteiger partial charge on any atom is 0.303 e. The number of likely N-dealkylation sites (tertiary alicyclic amines) is 1. The van der Waals surface area contributed by atoms with Gasteiger partial charge in [-0.25, -0.2) is 13.2 Å². The van der Waals surface area contributed by atoms with Crippen molar-refractivity contribution in [2.75, 3.05) is 45.7 Å². The van der Waals surface area contributed by atoms with E-state index >= 15 is 0 Å². The van der Waals surface area contributed by atoms with Crippen LogP contribution in [0.25, 0.3) is 10.9 Å². The molecule has 0 saturated carbocycles. The van der Waals surface area contributed by atoms with Crippen LogP contribution in [0.15, 0.2) is 36.5 Å². The number of carboxylic acid groups (broad SMARTS) is 1. The van der Waals surface area contributed by atoms with Crippen molar-refractivity contribution in [1.82, 2.24) is 9.88 Å². The first kappa shape index (κ1) is 30.2. The Hall–Kier alpha value is -3.81. The fraction of sp³-hybridized carbons (Fsp3) is 0.419. The zero-order valence-corrected chi connectivity index (χ0v) is 23.4. The molecule has 1 aromatic heterocycles. The van der Waals surface area contributed by atoms with Crippen LogP contribution in [0.4, 0.5) is 18.9 Å². The van der Waals surface area contributed by atoms with Gasteiger partial charge in [0.15, 0.2) is 17.5 Å². The van der Waals surface area contributed by atoms with Crippen LogP contribution in [0, 0.1) is 34.7 Å². The van der Waals surface area contributed by atoms with Crippen molar-refractivity contribution in [2.24, 2.45) is 5.41 Å². The molecule has 3 aromatic rings. The minimum absolute atomic E-state index is 0.0151. The average molecular weight is 570 g/mol. The lowest BCUT2D eigenvalue weighted by Gasteiger charge is -2.41. The van der Waals surface area contributed by atoms with Crippen molar-refractivity contribution in [1.29, 1.82) is 0 Å². The molecule has 0 bridgehead atoms. The first-order valence-corrected chi connectivity index (χ1v) is 13.4. The maximum absolute atomic E-state index is 13.5. The molecule has 1 aliphatic rings. The highest BCUT2D eigenvalue weighted by Gasteiger charge is 2.37. The summed E-state index contributed by atoms with van der Waals surface area (Å²) in [5, 5.41) is 22.0. The summed E-state index contributed by atoms with van der Waals surface area (Å²) >= 11 is 0. The van der Waals surface area contributed by atoms with Gasteiger partial charge < -0.3 is 19.8 Å². The number of aliphatic hydroxyl groups is 1. The second kappa shape index (κ2) is 12.8. The Labute approximate surface area is 237 Å². The Morgan fingerprint density at radius 1 is 1.17 bits per heavy atom. The predicted octanol–water partition coefficient (Wildman–Crippen LogP) is 5.15. The Morgan fingerprint density at radius 3 is 2.46 bits per heavy atom. The van der Waals surface area contributed by atoms with Gasteiger partial charge in [0.1, 0.15) is 5.75 Å². The van der Waals surface area contributed by atoms with Crippen LogP contribution in [-0.4, -0.2) is 66.9 Å². The van der Waals surface area contributed by atoms with E-state index in [1.807, 2.05) is 42.1 Å². The summed E-state index contributed by atoms with van der Waals surface area (Å²) in [6.07, 6.45) is 2.93. The van der Waals surface area contributed by atoms with E-state index in [2.05, 4.69) is 16.8 Å². The van der Waals surface area contributed by atoms with Gasteiger partial charge in [-0.3, -0.25) is 14.7 Å². The Balaban J connectivity index is 1.47. The number of nitrogens with zero attached hydrogens (tertiary/aromatic N) is 3. The molecule has 0 spiro atoms. The van der Waals surface area contributed by atoms with E-state index < -0.39 is 34.9 Å². The minimum atomic E-state index is -1.53. The van der Waals surface area contributed by atoms with Gasteiger partial charge in [-0.15, -0.1) is 0 Å². The largest absolute Gasteiger partial charge is 0.497 e. The molecule has 2 aromatic carbocycles. The maximum atomic E-state index is 13.5. The smallest absolute Gasteiger partial charge is 0.303 e. The second-order valence-electron chi connectivity index (χ2n) is 10.8. The van der Waals surface area contributed by atoms with Crippen LogP contribution in [0.3, 0.4) is 0 Å². The molecule has 1 saturated heterocycles. The van der Waals surface area contributed by atoms with Crippen molar-refractivity contribution in [3.63, 3.8) is 0 Å². The number of anilines is 1. The number of hydrogen-bond donors (Lipinski definition) is 2. The second-order valence-corrected chi connectivity index (χ2v) is 10.8. The molecule has 4 rings (SSSR count). The molecule has 0 unspecified atom stereocenters. The summed E-state index contributed by atoms with van der Waals surface area (Å²) in [5.74, 6) is 1.20. The summed E-state index contributed by atoms with van der Waals surface area (Å²) < 4.78 is 45.5. The molecule has 2 N–H and O–H groups in total. The van der Waals surface area contributed by atoms with E-state index in [1.54, 1.807) is 13.3 Å². The Morgan fingerprint density at radius 2 is 1.85 bits per heavy atom. The van der Waals surface area contributed by atoms with Gasteiger partial charge in [0.05, 0.1) is 43.6 Å². The molecule has 10 heteroatoms. The van der Waals surface area contributed by atoms with Gasteiger partial charge in [-0.2, -0.15) is 0 Å². The lowest BCUT2D eigenvalue weighted by Crippen LogP contribution is -2.41. The van der Waals surface area contributed by atoms with E-state index in [1.165, 1.54) is 0 Å². The molecule has 41 heavy (non-hydrogen) atoms. The highest BCUT2D eigenvalue weighted by molar-refractivity contribution is 5.88. The molecule has 1 aliphatic heterocycles. The number of aliphatic carboxylic acids is 1. The first-order chi connectivity index (χ1) is 19.5. The molecule has 2 heterocycles. The summed E-state index contributed by atoms with van der Waals surface area (Å²) in [6, 6.07) is 7.23. The van der Waals surface area contributed by atoms with Gasteiger partial charge in [0.2, 0.25) is 0 Å². The van der Waals surface area contributed by atoms with Crippen molar-refractivity contribution in [3.05, 3.63) is 65.1 Å². The van der Waals surface area contributed by atoms with Crippen molar-refractivity contribution >= 4 is 22.6 Å².